The molecule has 0 fully saturated rings. The number of hydrogen-bond donors (Lipinski definition) is 1. The van der Waals surface area contributed by atoms with Gasteiger partial charge in [0.2, 0.25) is 5.28 Å². The highest BCUT2D eigenvalue weighted by Gasteiger charge is 2.21. The number of fused-ring (bicyclic) bond motifs is 3. The lowest BCUT2D eigenvalue weighted by Crippen LogP contribution is -2.08. The summed E-state index contributed by atoms with van der Waals surface area (Å²) in [6, 6.07) is 0. The van der Waals surface area contributed by atoms with Crippen LogP contribution >= 0.6 is 22.9 Å². The molecule has 22 heavy (non-hydrogen) atoms. The minimum atomic E-state index is 0.324. The van der Waals surface area contributed by atoms with Crippen molar-refractivity contribution in [2.45, 2.75) is 32.2 Å². The highest BCUT2D eigenvalue weighted by Crippen LogP contribution is 2.39. The Morgan fingerprint density at radius 2 is 2.27 bits per heavy atom. The lowest BCUT2D eigenvalue weighted by Gasteiger charge is -2.08. The fourth-order valence-electron chi connectivity index (χ4n) is 2.99. The highest BCUT2D eigenvalue weighted by atomic mass is 35.5. The van der Waals surface area contributed by atoms with Gasteiger partial charge in [-0.1, -0.05) is 0 Å². The van der Waals surface area contributed by atoms with Gasteiger partial charge in [0.1, 0.15) is 10.6 Å². The van der Waals surface area contributed by atoms with E-state index in [0.717, 1.165) is 43.0 Å². The number of anilines is 1. The van der Waals surface area contributed by atoms with Gasteiger partial charge in [0.15, 0.2) is 0 Å². The number of nitrogens with zero attached hydrogens (tertiary/aromatic N) is 4. The Hall–Kier alpha value is -1.66. The normalized spacial score (nSPS) is 13.7. The smallest absolute Gasteiger partial charge is 0.225 e. The summed E-state index contributed by atoms with van der Waals surface area (Å²) in [5.74, 6) is 0.889. The van der Waals surface area contributed by atoms with Crippen LogP contribution < -0.4 is 5.32 Å². The first-order chi connectivity index (χ1) is 10.8. The molecule has 0 aromatic carbocycles. The predicted octanol–water partition coefficient (Wildman–Crippen LogP) is 3.53. The molecule has 114 valence electrons. The standard InChI is InChI=1S/C15H16ClN5S/c16-15-19-13(18-5-2-7-21-8-6-17-9-21)12-10-3-1-4-11(10)22-14(12)20-15/h6,8-9H,1-5,7H2,(H,18,19,20). The zero-order chi connectivity index (χ0) is 14.9. The first-order valence-corrected chi connectivity index (χ1v) is 8.68. The monoisotopic (exact) mass is 333 g/mol. The van der Waals surface area contributed by atoms with Gasteiger partial charge in [0.25, 0.3) is 0 Å². The van der Waals surface area contributed by atoms with Crippen molar-refractivity contribution in [1.29, 1.82) is 0 Å². The van der Waals surface area contributed by atoms with E-state index in [1.54, 1.807) is 17.5 Å². The highest BCUT2D eigenvalue weighted by molar-refractivity contribution is 7.19. The van der Waals surface area contributed by atoms with Crippen LogP contribution in [0.4, 0.5) is 5.82 Å². The average Bonchev–Trinajstić information content (AvgIpc) is 3.19. The quantitative estimate of drug-likeness (QED) is 0.573. The second-order valence-corrected chi connectivity index (χ2v) is 6.88. The third-order valence-electron chi connectivity index (χ3n) is 3.98. The van der Waals surface area contributed by atoms with Crippen LogP contribution in [0.1, 0.15) is 23.3 Å². The Bertz CT molecular complexity index is 796. The molecule has 0 radical (unpaired) electrons. The van der Waals surface area contributed by atoms with Crippen molar-refractivity contribution in [1.82, 2.24) is 19.5 Å². The van der Waals surface area contributed by atoms with Crippen LogP contribution in [-0.2, 0) is 19.4 Å². The lowest BCUT2D eigenvalue weighted by atomic mass is 10.2. The Balaban J connectivity index is 1.53. The summed E-state index contributed by atoms with van der Waals surface area (Å²) in [6.45, 7) is 1.79. The van der Waals surface area contributed by atoms with Crippen LogP contribution in [0.3, 0.4) is 0 Å². The van der Waals surface area contributed by atoms with Crippen LogP contribution in [0.25, 0.3) is 10.2 Å². The summed E-state index contributed by atoms with van der Waals surface area (Å²) in [6.07, 6.45) is 10.1. The molecule has 0 aliphatic heterocycles. The Kier molecular flexibility index (Phi) is 3.72. The average molecular weight is 334 g/mol. The van der Waals surface area contributed by atoms with E-state index in [-0.39, 0.29) is 0 Å². The molecular weight excluding hydrogens is 318 g/mol. The van der Waals surface area contributed by atoms with Gasteiger partial charge in [-0.2, -0.15) is 0 Å². The van der Waals surface area contributed by atoms with Gasteiger partial charge < -0.3 is 9.88 Å². The third-order valence-corrected chi connectivity index (χ3v) is 5.34. The molecule has 1 N–H and O–H groups in total. The minimum absolute atomic E-state index is 0.324. The Morgan fingerprint density at radius 1 is 1.32 bits per heavy atom. The molecule has 0 saturated carbocycles. The van der Waals surface area contributed by atoms with Gasteiger partial charge >= 0.3 is 0 Å². The fourth-order valence-corrected chi connectivity index (χ4v) is 4.47. The number of nitrogens with one attached hydrogen (secondary N) is 1. The second-order valence-electron chi connectivity index (χ2n) is 5.46. The van der Waals surface area contributed by atoms with Crippen molar-refractivity contribution < 1.29 is 0 Å². The maximum Gasteiger partial charge on any atom is 0.225 e. The van der Waals surface area contributed by atoms with Gasteiger partial charge in [-0.15, -0.1) is 11.3 Å². The topological polar surface area (TPSA) is 55.6 Å². The van der Waals surface area contributed by atoms with E-state index < -0.39 is 0 Å². The number of thiophene rings is 1. The summed E-state index contributed by atoms with van der Waals surface area (Å²) in [4.78, 5) is 15.3. The number of halogens is 1. The molecule has 0 spiro atoms. The second kappa shape index (κ2) is 5.85. The molecule has 0 unspecified atom stereocenters. The van der Waals surface area contributed by atoms with Crippen molar-refractivity contribution in [3.8, 4) is 0 Å². The lowest BCUT2D eigenvalue weighted by molar-refractivity contribution is 0.660. The van der Waals surface area contributed by atoms with Crippen molar-refractivity contribution >= 4 is 39.0 Å². The molecule has 0 atom stereocenters. The summed E-state index contributed by atoms with van der Waals surface area (Å²) in [5, 5.41) is 4.95. The van der Waals surface area contributed by atoms with E-state index in [0.29, 0.717) is 5.28 Å². The molecule has 3 heterocycles. The molecule has 7 heteroatoms. The van der Waals surface area contributed by atoms with Gasteiger partial charge in [-0.05, 0) is 42.8 Å². The SMILES string of the molecule is Clc1nc(NCCCn2ccnc2)c2c3c(sc2n1)CCC3. The molecule has 0 saturated heterocycles. The number of rotatable bonds is 5. The zero-order valence-corrected chi connectivity index (χ0v) is 13.6. The molecule has 0 bridgehead atoms. The van der Waals surface area contributed by atoms with Crippen LogP contribution in [-0.4, -0.2) is 26.1 Å². The van der Waals surface area contributed by atoms with Crippen LogP contribution in [0.2, 0.25) is 5.28 Å². The fraction of sp³-hybridized carbons (Fsp3) is 0.400. The van der Waals surface area contributed by atoms with Crippen LogP contribution in [0.15, 0.2) is 18.7 Å². The summed E-state index contributed by atoms with van der Waals surface area (Å²) >= 11 is 7.84. The van der Waals surface area contributed by atoms with Gasteiger partial charge in [0, 0.05) is 30.4 Å². The van der Waals surface area contributed by atoms with Crippen molar-refractivity contribution in [3.63, 3.8) is 0 Å². The first-order valence-electron chi connectivity index (χ1n) is 7.48. The first kappa shape index (κ1) is 14.0. The summed E-state index contributed by atoms with van der Waals surface area (Å²) < 4.78 is 2.08. The van der Waals surface area contributed by atoms with Gasteiger partial charge in [-0.25, -0.2) is 15.0 Å². The summed E-state index contributed by atoms with van der Waals surface area (Å²) in [7, 11) is 0. The Labute approximate surface area is 137 Å². The zero-order valence-electron chi connectivity index (χ0n) is 12.0. The minimum Gasteiger partial charge on any atom is -0.369 e. The van der Waals surface area contributed by atoms with Crippen LogP contribution in [0.5, 0.6) is 0 Å². The maximum atomic E-state index is 6.07. The van der Waals surface area contributed by atoms with Gasteiger partial charge in [-0.3, -0.25) is 0 Å². The number of hydrogen-bond acceptors (Lipinski definition) is 5. The van der Waals surface area contributed by atoms with Crippen LogP contribution in [0, 0.1) is 0 Å². The molecule has 1 aliphatic rings. The van der Waals surface area contributed by atoms with Crippen molar-refractivity contribution in [3.05, 3.63) is 34.4 Å². The predicted molar refractivity (Wildman–Crippen MR) is 89.8 cm³/mol. The van der Waals surface area contributed by atoms with Crippen molar-refractivity contribution in [2.24, 2.45) is 0 Å². The third kappa shape index (κ3) is 2.57. The molecule has 5 nitrogen and oxygen atoms in total. The van der Waals surface area contributed by atoms with E-state index in [1.165, 1.54) is 22.2 Å². The molecule has 3 aromatic heterocycles. The summed E-state index contributed by atoms with van der Waals surface area (Å²) in [5.41, 5.74) is 1.42. The number of imidazole rings is 1. The molecule has 3 aromatic rings. The van der Waals surface area contributed by atoms with Gasteiger partial charge in [0.05, 0.1) is 11.7 Å². The van der Waals surface area contributed by atoms with E-state index >= 15 is 0 Å². The Morgan fingerprint density at radius 3 is 3.14 bits per heavy atom. The molecule has 0 amide bonds. The van der Waals surface area contributed by atoms with E-state index in [4.69, 9.17) is 11.6 Å². The maximum absolute atomic E-state index is 6.07. The largest absolute Gasteiger partial charge is 0.369 e. The van der Waals surface area contributed by atoms with E-state index in [1.807, 2.05) is 12.5 Å². The van der Waals surface area contributed by atoms with E-state index in [9.17, 15) is 0 Å². The molecular formula is C15H16ClN5S. The number of aromatic nitrogens is 4. The number of aryl methyl sites for hydroxylation is 3. The molecule has 1 aliphatic carbocycles. The molecule has 4 rings (SSSR count). The van der Waals surface area contributed by atoms with Crippen molar-refractivity contribution in [2.75, 3.05) is 11.9 Å². The van der Waals surface area contributed by atoms with E-state index in [2.05, 4.69) is 24.8 Å².